The quantitative estimate of drug-likeness (QED) is 0.442. The summed E-state index contributed by atoms with van der Waals surface area (Å²) in [6.07, 6.45) is -0.415. The van der Waals surface area contributed by atoms with Crippen LogP contribution in [-0.4, -0.2) is 37.8 Å². The summed E-state index contributed by atoms with van der Waals surface area (Å²) in [7, 11) is 1.72. The monoisotopic (exact) mass is 320 g/mol. The summed E-state index contributed by atoms with van der Waals surface area (Å²) < 4.78 is 5.16. The lowest BCUT2D eigenvalue weighted by molar-refractivity contribution is 0.0529. The van der Waals surface area contributed by atoms with E-state index in [1.165, 1.54) is 11.1 Å². The number of aliphatic imine (C=N–C) groups is 1. The molecule has 0 bridgehead atoms. The molecule has 0 aliphatic heterocycles. The number of aryl methyl sites for hydroxylation is 1. The lowest BCUT2D eigenvalue weighted by Crippen LogP contribution is -2.42. The summed E-state index contributed by atoms with van der Waals surface area (Å²) in [4.78, 5) is 15.7. The Hall–Kier alpha value is -2.24. The molecular weight excluding hydrogens is 292 g/mol. The van der Waals surface area contributed by atoms with E-state index in [-0.39, 0.29) is 0 Å². The number of amides is 1. The van der Waals surface area contributed by atoms with E-state index in [2.05, 4.69) is 46.1 Å². The SMILES string of the molecule is CN=C(NCCNC(=O)OC(C)(C)C)NCc1cccc(C)c1. The Morgan fingerprint density at radius 1 is 1.17 bits per heavy atom. The van der Waals surface area contributed by atoms with Crippen molar-refractivity contribution < 1.29 is 9.53 Å². The van der Waals surface area contributed by atoms with E-state index in [0.29, 0.717) is 25.6 Å². The fourth-order valence-electron chi connectivity index (χ4n) is 1.89. The van der Waals surface area contributed by atoms with E-state index in [1.54, 1.807) is 7.05 Å². The van der Waals surface area contributed by atoms with Crippen molar-refractivity contribution in [2.24, 2.45) is 4.99 Å². The number of benzene rings is 1. The van der Waals surface area contributed by atoms with Gasteiger partial charge in [0.2, 0.25) is 0 Å². The number of ether oxygens (including phenoxy) is 1. The fourth-order valence-corrected chi connectivity index (χ4v) is 1.89. The van der Waals surface area contributed by atoms with Gasteiger partial charge in [0.25, 0.3) is 0 Å². The normalized spacial score (nSPS) is 11.8. The zero-order chi connectivity index (χ0) is 17.3. The largest absolute Gasteiger partial charge is 0.444 e. The van der Waals surface area contributed by atoms with Crippen LogP contribution in [0.5, 0.6) is 0 Å². The van der Waals surface area contributed by atoms with Gasteiger partial charge in [-0.15, -0.1) is 0 Å². The van der Waals surface area contributed by atoms with Crippen LogP contribution < -0.4 is 16.0 Å². The molecule has 3 N–H and O–H groups in total. The molecular formula is C17H28N4O2. The van der Waals surface area contributed by atoms with Crippen molar-refractivity contribution >= 4 is 12.1 Å². The van der Waals surface area contributed by atoms with Gasteiger partial charge in [-0.3, -0.25) is 4.99 Å². The van der Waals surface area contributed by atoms with Crippen LogP contribution in [0.4, 0.5) is 4.79 Å². The summed E-state index contributed by atoms with van der Waals surface area (Å²) in [6, 6.07) is 8.30. The average molecular weight is 320 g/mol. The number of carbonyl (C=O) groups excluding carboxylic acids is 1. The van der Waals surface area contributed by atoms with Crippen molar-refractivity contribution in [1.29, 1.82) is 0 Å². The number of alkyl carbamates (subject to hydrolysis) is 1. The van der Waals surface area contributed by atoms with Gasteiger partial charge < -0.3 is 20.7 Å². The van der Waals surface area contributed by atoms with E-state index in [9.17, 15) is 4.79 Å². The Bertz CT molecular complexity index is 536. The third-order valence-electron chi connectivity index (χ3n) is 2.85. The minimum absolute atomic E-state index is 0.415. The van der Waals surface area contributed by atoms with Crippen LogP contribution in [0.25, 0.3) is 0 Å². The van der Waals surface area contributed by atoms with Crippen LogP contribution in [0.2, 0.25) is 0 Å². The molecule has 0 atom stereocenters. The Labute approximate surface area is 138 Å². The first-order valence-corrected chi connectivity index (χ1v) is 7.77. The zero-order valence-electron chi connectivity index (χ0n) is 14.7. The van der Waals surface area contributed by atoms with E-state index in [1.807, 2.05) is 26.8 Å². The van der Waals surface area contributed by atoms with Crippen molar-refractivity contribution in [2.75, 3.05) is 20.1 Å². The summed E-state index contributed by atoms with van der Waals surface area (Å²) in [6.45, 7) is 9.29. The van der Waals surface area contributed by atoms with Crippen LogP contribution in [0.3, 0.4) is 0 Å². The van der Waals surface area contributed by atoms with Crippen molar-refractivity contribution in [1.82, 2.24) is 16.0 Å². The molecule has 1 amide bonds. The summed E-state index contributed by atoms with van der Waals surface area (Å²) in [5.74, 6) is 0.692. The van der Waals surface area contributed by atoms with Gasteiger partial charge in [0.15, 0.2) is 5.96 Å². The van der Waals surface area contributed by atoms with Crippen molar-refractivity contribution in [3.8, 4) is 0 Å². The molecule has 1 aromatic rings. The van der Waals surface area contributed by atoms with Crippen LogP contribution in [0.1, 0.15) is 31.9 Å². The topological polar surface area (TPSA) is 74.8 Å². The minimum Gasteiger partial charge on any atom is -0.444 e. The van der Waals surface area contributed by atoms with E-state index in [0.717, 1.165) is 0 Å². The molecule has 1 aromatic carbocycles. The Kier molecular flexibility index (Phi) is 7.38. The van der Waals surface area contributed by atoms with Gasteiger partial charge >= 0.3 is 6.09 Å². The first-order valence-electron chi connectivity index (χ1n) is 7.77. The molecule has 0 unspecified atom stereocenters. The second-order valence-electron chi connectivity index (χ2n) is 6.27. The fraction of sp³-hybridized carbons (Fsp3) is 0.529. The first-order chi connectivity index (χ1) is 10.8. The summed E-state index contributed by atoms with van der Waals surface area (Å²) in [5, 5.41) is 9.07. The number of hydrogen-bond acceptors (Lipinski definition) is 3. The number of hydrogen-bond donors (Lipinski definition) is 3. The lowest BCUT2D eigenvalue weighted by Gasteiger charge is -2.20. The molecule has 0 heterocycles. The highest BCUT2D eigenvalue weighted by molar-refractivity contribution is 5.79. The molecule has 1 rings (SSSR count). The van der Waals surface area contributed by atoms with E-state index in [4.69, 9.17) is 4.74 Å². The van der Waals surface area contributed by atoms with Gasteiger partial charge in [-0.05, 0) is 33.3 Å². The van der Waals surface area contributed by atoms with Crippen LogP contribution in [0, 0.1) is 6.92 Å². The van der Waals surface area contributed by atoms with E-state index < -0.39 is 11.7 Å². The zero-order valence-corrected chi connectivity index (χ0v) is 14.7. The predicted molar refractivity (Wildman–Crippen MR) is 93.6 cm³/mol. The number of rotatable bonds is 5. The van der Waals surface area contributed by atoms with Crippen molar-refractivity contribution in [3.63, 3.8) is 0 Å². The van der Waals surface area contributed by atoms with Crippen LogP contribution >= 0.6 is 0 Å². The number of carbonyl (C=O) groups is 1. The number of nitrogens with one attached hydrogen (secondary N) is 3. The van der Waals surface area contributed by atoms with Crippen LogP contribution in [-0.2, 0) is 11.3 Å². The maximum absolute atomic E-state index is 11.5. The molecule has 0 fully saturated rings. The third kappa shape index (κ3) is 8.70. The highest BCUT2D eigenvalue weighted by atomic mass is 16.6. The van der Waals surface area contributed by atoms with Crippen molar-refractivity contribution in [3.05, 3.63) is 35.4 Å². The molecule has 0 aromatic heterocycles. The standard InChI is InChI=1S/C17H28N4O2/c1-13-7-6-8-14(11-13)12-21-15(18-5)19-9-10-20-16(22)23-17(2,3)4/h6-8,11H,9-10,12H2,1-5H3,(H,20,22)(H2,18,19,21). The van der Waals surface area contributed by atoms with Gasteiger partial charge in [-0.1, -0.05) is 29.8 Å². The molecule has 0 saturated carbocycles. The minimum atomic E-state index is -0.483. The van der Waals surface area contributed by atoms with Crippen LogP contribution in [0.15, 0.2) is 29.3 Å². The molecule has 128 valence electrons. The smallest absolute Gasteiger partial charge is 0.407 e. The van der Waals surface area contributed by atoms with Gasteiger partial charge in [0, 0.05) is 26.7 Å². The average Bonchev–Trinajstić information content (AvgIpc) is 2.44. The maximum Gasteiger partial charge on any atom is 0.407 e. The lowest BCUT2D eigenvalue weighted by atomic mass is 10.1. The van der Waals surface area contributed by atoms with Crippen molar-refractivity contribution in [2.45, 2.75) is 39.8 Å². The van der Waals surface area contributed by atoms with Gasteiger partial charge in [0.1, 0.15) is 5.60 Å². The van der Waals surface area contributed by atoms with Gasteiger partial charge in [0.05, 0.1) is 0 Å². The molecule has 6 heteroatoms. The maximum atomic E-state index is 11.5. The summed E-state index contributed by atoms with van der Waals surface area (Å²) in [5.41, 5.74) is 1.94. The molecule has 0 saturated heterocycles. The van der Waals surface area contributed by atoms with E-state index >= 15 is 0 Å². The second kappa shape index (κ2) is 9.02. The number of guanidine groups is 1. The molecule has 0 aliphatic carbocycles. The molecule has 0 spiro atoms. The molecule has 6 nitrogen and oxygen atoms in total. The van der Waals surface area contributed by atoms with Gasteiger partial charge in [-0.25, -0.2) is 4.79 Å². The Balaban J connectivity index is 2.26. The summed E-state index contributed by atoms with van der Waals surface area (Å²) >= 11 is 0. The number of nitrogens with zero attached hydrogens (tertiary/aromatic N) is 1. The first kappa shape index (κ1) is 18.8. The molecule has 0 radical (unpaired) electrons. The highest BCUT2D eigenvalue weighted by Crippen LogP contribution is 2.06. The predicted octanol–water partition coefficient (Wildman–Crippen LogP) is 2.18. The third-order valence-corrected chi connectivity index (χ3v) is 2.85. The highest BCUT2D eigenvalue weighted by Gasteiger charge is 2.15. The second-order valence-corrected chi connectivity index (χ2v) is 6.27. The molecule has 0 aliphatic rings. The Morgan fingerprint density at radius 3 is 2.48 bits per heavy atom. The molecule has 23 heavy (non-hydrogen) atoms. The Morgan fingerprint density at radius 2 is 1.87 bits per heavy atom. The van der Waals surface area contributed by atoms with Gasteiger partial charge in [-0.2, -0.15) is 0 Å².